The molecule has 4 heteroatoms. The average Bonchev–Trinajstić information content (AvgIpc) is 3.27. The maximum absolute atomic E-state index is 13.4. The van der Waals surface area contributed by atoms with E-state index in [0.29, 0.717) is 12.2 Å². The maximum atomic E-state index is 13.4. The molecule has 0 fully saturated rings. The van der Waals surface area contributed by atoms with Crippen molar-refractivity contribution in [2.45, 2.75) is 33.1 Å². The second-order valence-corrected chi connectivity index (χ2v) is 8.32. The van der Waals surface area contributed by atoms with Crippen molar-refractivity contribution < 1.29 is 9.53 Å². The molecule has 0 atom stereocenters. The van der Waals surface area contributed by atoms with Gasteiger partial charge in [-0.25, -0.2) is 4.98 Å². The minimum absolute atomic E-state index is 0.117. The molecule has 1 aliphatic rings. The summed E-state index contributed by atoms with van der Waals surface area (Å²) in [6.07, 6.45) is 3.40. The number of ether oxygens (including phenoxy) is 1. The minimum Gasteiger partial charge on any atom is -0.494 e. The molecular formula is C28H26N2O2. The number of amides is 1. The Balaban J connectivity index is 1.54. The van der Waals surface area contributed by atoms with E-state index < -0.39 is 0 Å². The fourth-order valence-electron chi connectivity index (χ4n) is 4.41. The topological polar surface area (TPSA) is 51.2 Å². The van der Waals surface area contributed by atoms with E-state index in [-0.39, 0.29) is 5.91 Å². The van der Waals surface area contributed by atoms with E-state index in [9.17, 15) is 4.79 Å². The van der Waals surface area contributed by atoms with E-state index in [1.165, 1.54) is 17.5 Å². The van der Waals surface area contributed by atoms with Gasteiger partial charge in [-0.05, 0) is 98.8 Å². The van der Waals surface area contributed by atoms with Gasteiger partial charge in [0, 0.05) is 16.6 Å². The molecule has 160 valence electrons. The van der Waals surface area contributed by atoms with Crippen molar-refractivity contribution in [2.24, 2.45) is 0 Å². The van der Waals surface area contributed by atoms with Gasteiger partial charge in [-0.2, -0.15) is 0 Å². The normalized spacial score (nSPS) is 12.6. The first-order valence-corrected chi connectivity index (χ1v) is 11.2. The molecule has 1 amide bonds. The largest absolute Gasteiger partial charge is 0.494 e. The number of carbonyl (C=O) groups excluding carboxylic acids is 1. The van der Waals surface area contributed by atoms with Gasteiger partial charge in [-0.3, -0.25) is 4.79 Å². The van der Waals surface area contributed by atoms with Gasteiger partial charge in [0.15, 0.2) is 0 Å². The molecule has 0 bridgehead atoms. The van der Waals surface area contributed by atoms with Crippen LogP contribution in [0.1, 0.15) is 40.4 Å². The molecule has 0 aliphatic heterocycles. The third-order valence-corrected chi connectivity index (χ3v) is 6.03. The van der Waals surface area contributed by atoms with Crippen LogP contribution in [0, 0.1) is 6.92 Å². The highest BCUT2D eigenvalue weighted by atomic mass is 16.5. The first-order chi connectivity index (χ1) is 15.6. The van der Waals surface area contributed by atoms with Gasteiger partial charge in [0.25, 0.3) is 5.91 Å². The van der Waals surface area contributed by atoms with Crippen LogP contribution in [0.4, 0.5) is 5.69 Å². The Hall–Kier alpha value is -3.66. The van der Waals surface area contributed by atoms with Gasteiger partial charge in [0.05, 0.1) is 23.4 Å². The van der Waals surface area contributed by atoms with E-state index in [1.807, 2.05) is 68.4 Å². The van der Waals surface area contributed by atoms with Crippen molar-refractivity contribution in [2.75, 3.05) is 11.9 Å². The number of anilines is 1. The first kappa shape index (κ1) is 20.3. The number of nitrogens with one attached hydrogen (secondary N) is 1. The molecule has 32 heavy (non-hydrogen) atoms. The van der Waals surface area contributed by atoms with Crippen molar-refractivity contribution in [3.8, 4) is 17.0 Å². The van der Waals surface area contributed by atoms with Crippen molar-refractivity contribution in [1.82, 2.24) is 4.98 Å². The molecule has 4 nitrogen and oxygen atoms in total. The van der Waals surface area contributed by atoms with E-state index in [2.05, 4.69) is 17.4 Å². The van der Waals surface area contributed by atoms with Crippen LogP contribution in [0.3, 0.4) is 0 Å². The van der Waals surface area contributed by atoms with Gasteiger partial charge in [0.2, 0.25) is 0 Å². The lowest BCUT2D eigenvalue weighted by Gasteiger charge is -2.12. The molecule has 0 saturated heterocycles. The molecule has 4 aromatic rings. The molecule has 0 saturated carbocycles. The highest BCUT2D eigenvalue weighted by Gasteiger charge is 2.16. The van der Waals surface area contributed by atoms with Gasteiger partial charge in [0.1, 0.15) is 5.75 Å². The fraction of sp³-hybridized carbons (Fsp3) is 0.214. The van der Waals surface area contributed by atoms with Crippen LogP contribution in [-0.4, -0.2) is 17.5 Å². The first-order valence-electron chi connectivity index (χ1n) is 11.2. The van der Waals surface area contributed by atoms with Crippen LogP contribution in [0.15, 0.2) is 66.7 Å². The minimum atomic E-state index is -0.117. The zero-order chi connectivity index (χ0) is 22.1. The zero-order valence-electron chi connectivity index (χ0n) is 18.4. The Kier molecular flexibility index (Phi) is 5.36. The molecule has 1 heterocycles. The molecule has 1 aromatic heterocycles. The van der Waals surface area contributed by atoms with Crippen LogP contribution in [-0.2, 0) is 12.8 Å². The summed E-state index contributed by atoms with van der Waals surface area (Å²) in [6, 6.07) is 22.0. The molecular weight excluding hydrogens is 396 g/mol. The average molecular weight is 423 g/mol. The highest BCUT2D eigenvalue weighted by molar-refractivity contribution is 6.13. The SMILES string of the molecule is CCOc1ccc(-c2cc(C(=O)Nc3ccc4c(c3)CCC4)c3cc(C)ccc3n2)cc1. The maximum Gasteiger partial charge on any atom is 0.256 e. The number of aryl methyl sites for hydroxylation is 3. The lowest BCUT2D eigenvalue weighted by atomic mass is 10.0. The second-order valence-electron chi connectivity index (χ2n) is 8.32. The van der Waals surface area contributed by atoms with E-state index >= 15 is 0 Å². The monoisotopic (exact) mass is 422 g/mol. The Labute approximate surface area is 188 Å². The summed E-state index contributed by atoms with van der Waals surface area (Å²) >= 11 is 0. The van der Waals surface area contributed by atoms with Crippen LogP contribution < -0.4 is 10.1 Å². The lowest BCUT2D eigenvalue weighted by Crippen LogP contribution is -2.13. The Morgan fingerprint density at radius 1 is 0.969 bits per heavy atom. The van der Waals surface area contributed by atoms with E-state index in [0.717, 1.165) is 52.0 Å². The summed E-state index contributed by atoms with van der Waals surface area (Å²) in [6.45, 7) is 4.62. The van der Waals surface area contributed by atoms with Crippen molar-refractivity contribution in [1.29, 1.82) is 0 Å². The second kappa shape index (κ2) is 8.46. The summed E-state index contributed by atoms with van der Waals surface area (Å²) in [7, 11) is 0. The number of hydrogen-bond acceptors (Lipinski definition) is 3. The summed E-state index contributed by atoms with van der Waals surface area (Å²) in [5.41, 5.74) is 7.82. The predicted molar refractivity (Wildman–Crippen MR) is 130 cm³/mol. The molecule has 5 rings (SSSR count). The van der Waals surface area contributed by atoms with Crippen molar-refractivity contribution >= 4 is 22.5 Å². The Bertz CT molecular complexity index is 1310. The standard InChI is InChI=1S/C28H26N2O2/c1-3-32-23-12-9-20(10-13-23)27-17-25(24-15-18(2)7-14-26(24)30-27)28(31)29-22-11-8-19-5-4-6-21(19)16-22/h7-17H,3-6H2,1-2H3,(H,29,31). The van der Waals surface area contributed by atoms with Crippen LogP contribution in [0.25, 0.3) is 22.2 Å². The van der Waals surface area contributed by atoms with Crippen LogP contribution >= 0.6 is 0 Å². The number of pyridine rings is 1. The fourth-order valence-corrected chi connectivity index (χ4v) is 4.41. The third-order valence-electron chi connectivity index (χ3n) is 6.03. The Morgan fingerprint density at radius 2 is 1.78 bits per heavy atom. The summed E-state index contributed by atoms with van der Waals surface area (Å²) in [5.74, 6) is 0.704. The molecule has 0 unspecified atom stereocenters. The number of carbonyl (C=O) groups is 1. The third kappa shape index (κ3) is 3.96. The smallest absolute Gasteiger partial charge is 0.256 e. The van der Waals surface area contributed by atoms with E-state index in [1.54, 1.807) is 0 Å². The number of aromatic nitrogens is 1. The molecule has 1 N–H and O–H groups in total. The van der Waals surface area contributed by atoms with Gasteiger partial charge >= 0.3 is 0 Å². The van der Waals surface area contributed by atoms with Crippen molar-refractivity contribution in [3.05, 3.63) is 89.0 Å². The number of benzene rings is 3. The number of hydrogen-bond donors (Lipinski definition) is 1. The predicted octanol–water partition coefficient (Wildman–Crippen LogP) is 6.35. The van der Waals surface area contributed by atoms with Gasteiger partial charge in [-0.1, -0.05) is 17.7 Å². The summed E-state index contributed by atoms with van der Waals surface area (Å²) in [4.78, 5) is 18.2. The molecule has 0 spiro atoms. The summed E-state index contributed by atoms with van der Waals surface area (Å²) in [5, 5.41) is 3.98. The number of fused-ring (bicyclic) bond motifs is 2. The highest BCUT2D eigenvalue weighted by Crippen LogP contribution is 2.29. The summed E-state index contributed by atoms with van der Waals surface area (Å²) < 4.78 is 5.56. The molecule has 0 radical (unpaired) electrons. The van der Waals surface area contributed by atoms with Gasteiger partial charge in [-0.15, -0.1) is 0 Å². The lowest BCUT2D eigenvalue weighted by molar-refractivity contribution is 0.102. The quantitative estimate of drug-likeness (QED) is 0.408. The van der Waals surface area contributed by atoms with E-state index in [4.69, 9.17) is 9.72 Å². The number of nitrogens with zero attached hydrogens (tertiary/aromatic N) is 1. The Morgan fingerprint density at radius 3 is 2.59 bits per heavy atom. The van der Waals surface area contributed by atoms with Crippen molar-refractivity contribution in [3.63, 3.8) is 0 Å². The number of rotatable bonds is 5. The van der Waals surface area contributed by atoms with Crippen LogP contribution in [0.5, 0.6) is 5.75 Å². The molecule has 3 aromatic carbocycles. The van der Waals surface area contributed by atoms with Gasteiger partial charge < -0.3 is 10.1 Å². The zero-order valence-corrected chi connectivity index (χ0v) is 18.4. The molecule has 1 aliphatic carbocycles. The van der Waals surface area contributed by atoms with Crippen LogP contribution in [0.2, 0.25) is 0 Å².